The second-order valence-electron chi connectivity index (χ2n) is 5.40. The van der Waals surface area contributed by atoms with E-state index in [1.807, 2.05) is 6.20 Å². The van der Waals surface area contributed by atoms with Gasteiger partial charge >= 0.3 is 0 Å². The number of hydrogen-bond donors (Lipinski definition) is 1. The Morgan fingerprint density at radius 3 is 3.11 bits per heavy atom. The smallest absolute Gasteiger partial charge is 0.0542 e. The quantitative estimate of drug-likeness (QED) is 0.930. The van der Waals surface area contributed by atoms with Gasteiger partial charge in [0.25, 0.3) is 0 Å². The number of pyridine rings is 1. The molecule has 98 valence electrons. The molecule has 1 aromatic heterocycles. The lowest BCUT2D eigenvalue weighted by Crippen LogP contribution is -2.45. The summed E-state index contributed by atoms with van der Waals surface area (Å²) in [7, 11) is 0. The average molecular weight is 310 g/mol. The van der Waals surface area contributed by atoms with Gasteiger partial charge in [-0.25, -0.2) is 0 Å². The standard InChI is InChI=1S/C14H20BrN3/c15-11-3-4-13(16-9-11)10-17-12-5-7-18-6-1-2-14(18)8-12/h3-4,9,12,14,17H,1-2,5-8,10H2. The first-order valence-corrected chi connectivity index (χ1v) is 7.68. The summed E-state index contributed by atoms with van der Waals surface area (Å²) < 4.78 is 1.05. The topological polar surface area (TPSA) is 28.2 Å². The van der Waals surface area contributed by atoms with Gasteiger partial charge in [0.2, 0.25) is 0 Å². The van der Waals surface area contributed by atoms with Crippen molar-refractivity contribution in [2.24, 2.45) is 0 Å². The van der Waals surface area contributed by atoms with Crippen LogP contribution in [0.15, 0.2) is 22.8 Å². The molecular weight excluding hydrogens is 290 g/mol. The molecule has 2 unspecified atom stereocenters. The summed E-state index contributed by atoms with van der Waals surface area (Å²) in [4.78, 5) is 7.07. The first-order chi connectivity index (χ1) is 8.81. The lowest BCUT2D eigenvalue weighted by Gasteiger charge is -2.35. The third-order valence-corrected chi connectivity index (χ3v) is 4.65. The Labute approximate surface area is 117 Å². The van der Waals surface area contributed by atoms with Crippen LogP contribution >= 0.6 is 15.9 Å². The number of aromatic nitrogens is 1. The maximum Gasteiger partial charge on any atom is 0.0542 e. The molecule has 18 heavy (non-hydrogen) atoms. The van der Waals surface area contributed by atoms with E-state index < -0.39 is 0 Å². The van der Waals surface area contributed by atoms with E-state index in [4.69, 9.17) is 0 Å². The normalized spacial score (nSPS) is 28.3. The number of hydrogen-bond acceptors (Lipinski definition) is 3. The van der Waals surface area contributed by atoms with Crippen molar-refractivity contribution >= 4 is 15.9 Å². The molecule has 4 heteroatoms. The molecule has 0 saturated carbocycles. The summed E-state index contributed by atoms with van der Waals surface area (Å²) in [5, 5.41) is 3.67. The van der Waals surface area contributed by atoms with Crippen LogP contribution in [-0.2, 0) is 6.54 Å². The van der Waals surface area contributed by atoms with Crippen LogP contribution < -0.4 is 5.32 Å². The van der Waals surface area contributed by atoms with Gasteiger partial charge in [0.05, 0.1) is 5.69 Å². The van der Waals surface area contributed by atoms with Gasteiger partial charge in [-0.05, 0) is 66.8 Å². The first kappa shape index (κ1) is 12.6. The monoisotopic (exact) mass is 309 g/mol. The molecule has 2 atom stereocenters. The van der Waals surface area contributed by atoms with Crippen LogP contribution in [0.1, 0.15) is 31.4 Å². The molecule has 0 aliphatic carbocycles. The summed E-state index contributed by atoms with van der Waals surface area (Å²) in [5.74, 6) is 0. The summed E-state index contributed by atoms with van der Waals surface area (Å²) in [5.41, 5.74) is 1.13. The minimum Gasteiger partial charge on any atom is -0.308 e. The molecule has 2 aliphatic rings. The van der Waals surface area contributed by atoms with Crippen molar-refractivity contribution in [1.82, 2.24) is 15.2 Å². The van der Waals surface area contributed by atoms with E-state index in [0.29, 0.717) is 6.04 Å². The zero-order valence-corrected chi connectivity index (χ0v) is 12.2. The second-order valence-corrected chi connectivity index (χ2v) is 6.32. The Morgan fingerprint density at radius 2 is 2.28 bits per heavy atom. The number of fused-ring (bicyclic) bond motifs is 1. The fraction of sp³-hybridized carbons (Fsp3) is 0.643. The number of halogens is 1. The molecule has 2 saturated heterocycles. The summed E-state index contributed by atoms with van der Waals surface area (Å²) in [6.07, 6.45) is 7.26. The number of rotatable bonds is 3. The molecule has 0 amide bonds. The fourth-order valence-electron chi connectivity index (χ4n) is 3.17. The first-order valence-electron chi connectivity index (χ1n) is 6.89. The molecule has 0 spiro atoms. The SMILES string of the molecule is Brc1ccc(CNC2CCN3CCCC3C2)nc1. The number of piperidine rings is 1. The van der Waals surface area contributed by atoms with E-state index in [0.717, 1.165) is 22.8 Å². The van der Waals surface area contributed by atoms with E-state index in [1.165, 1.54) is 38.8 Å². The highest BCUT2D eigenvalue weighted by Crippen LogP contribution is 2.26. The molecule has 1 N–H and O–H groups in total. The molecule has 2 aliphatic heterocycles. The van der Waals surface area contributed by atoms with Crippen LogP contribution in [0.5, 0.6) is 0 Å². The highest BCUT2D eigenvalue weighted by atomic mass is 79.9. The maximum atomic E-state index is 4.41. The predicted octanol–water partition coefficient (Wildman–Crippen LogP) is 2.56. The predicted molar refractivity (Wildman–Crippen MR) is 76.4 cm³/mol. The van der Waals surface area contributed by atoms with E-state index in [2.05, 4.69) is 43.3 Å². The molecule has 2 fully saturated rings. The fourth-order valence-corrected chi connectivity index (χ4v) is 3.40. The molecule has 3 nitrogen and oxygen atoms in total. The number of nitrogens with zero attached hydrogens (tertiary/aromatic N) is 2. The average Bonchev–Trinajstić information content (AvgIpc) is 2.85. The van der Waals surface area contributed by atoms with Crippen molar-refractivity contribution in [1.29, 1.82) is 0 Å². The Balaban J connectivity index is 1.50. The Morgan fingerprint density at radius 1 is 1.33 bits per heavy atom. The maximum absolute atomic E-state index is 4.41. The molecular formula is C14H20BrN3. The summed E-state index contributed by atoms with van der Waals surface area (Å²) in [6.45, 7) is 3.49. The van der Waals surface area contributed by atoms with Crippen LogP contribution in [0.3, 0.4) is 0 Å². The Kier molecular flexibility index (Phi) is 3.97. The van der Waals surface area contributed by atoms with Crippen molar-refractivity contribution in [2.45, 2.75) is 44.3 Å². The summed E-state index contributed by atoms with van der Waals surface area (Å²) in [6, 6.07) is 5.66. The van der Waals surface area contributed by atoms with Crippen molar-refractivity contribution in [3.63, 3.8) is 0 Å². The number of nitrogens with one attached hydrogen (secondary N) is 1. The van der Waals surface area contributed by atoms with Gasteiger partial charge < -0.3 is 10.2 Å². The minimum absolute atomic E-state index is 0.676. The minimum atomic E-state index is 0.676. The molecule has 0 aromatic carbocycles. The van der Waals surface area contributed by atoms with Crippen molar-refractivity contribution in [2.75, 3.05) is 13.1 Å². The van der Waals surface area contributed by atoms with E-state index in [9.17, 15) is 0 Å². The Hall–Kier alpha value is -0.450. The third-order valence-electron chi connectivity index (χ3n) is 4.18. The van der Waals surface area contributed by atoms with Crippen LogP contribution in [0.4, 0.5) is 0 Å². The van der Waals surface area contributed by atoms with Crippen LogP contribution in [-0.4, -0.2) is 35.1 Å². The highest BCUT2D eigenvalue weighted by molar-refractivity contribution is 9.10. The van der Waals surface area contributed by atoms with Gasteiger partial charge in [0.1, 0.15) is 0 Å². The molecule has 1 aromatic rings. The summed E-state index contributed by atoms with van der Waals surface area (Å²) >= 11 is 3.42. The zero-order valence-electron chi connectivity index (χ0n) is 10.6. The zero-order chi connectivity index (χ0) is 12.4. The van der Waals surface area contributed by atoms with Gasteiger partial charge in [0, 0.05) is 29.3 Å². The van der Waals surface area contributed by atoms with Gasteiger partial charge in [0.15, 0.2) is 0 Å². The lowest BCUT2D eigenvalue weighted by atomic mass is 9.97. The van der Waals surface area contributed by atoms with Gasteiger partial charge in [-0.15, -0.1) is 0 Å². The molecule has 0 bridgehead atoms. The lowest BCUT2D eigenvalue weighted by molar-refractivity contribution is 0.166. The molecule has 3 heterocycles. The van der Waals surface area contributed by atoms with Gasteiger partial charge in [-0.1, -0.05) is 0 Å². The Bertz CT molecular complexity index is 393. The third kappa shape index (κ3) is 2.92. The van der Waals surface area contributed by atoms with Crippen LogP contribution in [0.25, 0.3) is 0 Å². The molecule has 0 radical (unpaired) electrons. The van der Waals surface area contributed by atoms with Crippen LogP contribution in [0.2, 0.25) is 0 Å². The van der Waals surface area contributed by atoms with Gasteiger partial charge in [-0.3, -0.25) is 4.98 Å². The molecule has 3 rings (SSSR count). The highest BCUT2D eigenvalue weighted by Gasteiger charge is 2.31. The van der Waals surface area contributed by atoms with Crippen LogP contribution in [0, 0.1) is 0 Å². The largest absolute Gasteiger partial charge is 0.308 e. The van der Waals surface area contributed by atoms with Crippen molar-refractivity contribution in [3.05, 3.63) is 28.5 Å². The van der Waals surface area contributed by atoms with E-state index in [-0.39, 0.29) is 0 Å². The van der Waals surface area contributed by atoms with Crippen molar-refractivity contribution in [3.8, 4) is 0 Å². The van der Waals surface area contributed by atoms with E-state index in [1.54, 1.807) is 0 Å². The van der Waals surface area contributed by atoms with Gasteiger partial charge in [-0.2, -0.15) is 0 Å². The second kappa shape index (κ2) is 5.68. The van der Waals surface area contributed by atoms with E-state index >= 15 is 0 Å². The van der Waals surface area contributed by atoms with Crippen molar-refractivity contribution < 1.29 is 0 Å².